The van der Waals surface area contributed by atoms with Crippen molar-refractivity contribution in [2.45, 2.75) is 58.0 Å². The van der Waals surface area contributed by atoms with Crippen LogP contribution in [0.4, 0.5) is 0 Å². The second kappa shape index (κ2) is 3.85. The molecule has 2 rings (SSSR count). The van der Waals surface area contributed by atoms with Gasteiger partial charge >= 0.3 is 0 Å². The lowest BCUT2D eigenvalue weighted by atomic mass is 9.74. The van der Waals surface area contributed by atoms with Gasteiger partial charge in [0.1, 0.15) is 0 Å². The van der Waals surface area contributed by atoms with E-state index in [-0.39, 0.29) is 5.92 Å². The fourth-order valence-electron chi connectivity index (χ4n) is 2.68. The van der Waals surface area contributed by atoms with Gasteiger partial charge in [0.2, 0.25) is 0 Å². The first kappa shape index (κ1) is 11.6. The van der Waals surface area contributed by atoms with E-state index in [0.717, 1.165) is 24.2 Å². The van der Waals surface area contributed by atoms with Crippen LogP contribution in [0.1, 0.15) is 62.4 Å². The van der Waals surface area contributed by atoms with E-state index in [4.69, 9.17) is 0 Å². The average molecular weight is 219 g/mol. The Kier molecular flexibility index (Phi) is 2.79. The van der Waals surface area contributed by atoms with Gasteiger partial charge in [0.05, 0.1) is 11.3 Å². The third-order valence-corrected chi connectivity index (χ3v) is 3.70. The SMILES string of the molecule is Cc1ccc2c(n1)C(C(C)(C)O)CCC2C. The van der Waals surface area contributed by atoms with Crippen LogP contribution in [-0.2, 0) is 0 Å². The number of hydrogen-bond acceptors (Lipinski definition) is 2. The van der Waals surface area contributed by atoms with Crippen LogP contribution in [0.25, 0.3) is 0 Å². The first-order chi connectivity index (χ1) is 7.39. The maximum Gasteiger partial charge on any atom is 0.0675 e. The molecule has 0 radical (unpaired) electrons. The first-order valence-electron chi connectivity index (χ1n) is 6.09. The summed E-state index contributed by atoms with van der Waals surface area (Å²) in [6.45, 7) is 8.04. The van der Waals surface area contributed by atoms with Crippen molar-refractivity contribution in [1.82, 2.24) is 4.98 Å². The lowest BCUT2D eigenvalue weighted by molar-refractivity contribution is 0.0407. The normalized spacial score (nSPS) is 25.3. The van der Waals surface area contributed by atoms with E-state index >= 15 is 0 Å². The fraction of sp³-hybridized carbons (Fsp3) is 0.643. The number of hydrogen-bond donors (Lipinski definition) is 1. The highest BCUT2D eigenvalue weighted by Crippen LogP contribution is 2.42. The number of aromatic nitrogens is 1. The van der Waals surface area contributed by atoms with Gasteiger partial charge in [-0.1, -0.05) is 13.0 Å². The molecule has 1 aliphatic rings. The Morgan fingerprint density at radius 2 is 2.00 bits per heavy atom. The molecular weight excluding hydrogens is 198 g/mol. The maximum absolute atomic E-state index is 10.2. The molecule has 1 aliphatic carbocycles. The molecule has 1 N–H and O–H groups in total. The lowest BCUT2D eigenvalue weighted by Gasteiger charge is -2.36. The third-order valence-electron chi connectivity index (χ3n) is 3.70. The predicted octanol–water partition coefficient (Wildman–Crippen LogP) is 3.14. The van der Waals surface area contributed by atoms with E-state index < -0.39 is 5.60 Å². The molecule has 1 heterocycles. The van der Waals surface area contributed by atoms with Crippen LogP contribution in [0.2, 0.25) is 0 Å². The quantitative estimate of drug-likeness (QED) is 0.787. The summed E-state index contributed by atoms with van der Waals surface area (Å²) in [6, 6.07) is 4.25. The molecule has 0 bridgehead atoms. The number of nitrogens with zero attached hydrogens (tertiary/aromatic N) is 1. The monoisotopic (exact) mass is 219 g/mol. The molecular formula is C14H21NO. The number of pyridine rings is 1. The van der Waals surface area contributed by atoms with E-state index in [9.17, 15) is 5.11 Å². The molecule has 0 amide bonds. The standard InChI is InChI=1S/C14H21NO/c1-9-5-8-12(14(3,4)16)13-11(9)7-6-10(2)15-13/h6-7,9,12,16H,5,8H2,1-4H3. The van der Waals surface area contributed by atoms with Gasteiger partial charge < -0.3 is 5.11 Å². The Morgan fingerprint density at radius 1 is 1.31 bits per heavy atom. The van der Waals surface area contributed by atoms with Gasteiger partial charge in [0.15, 0.2) is 0 Å². The Morgan fingerprint density at radius 3 is 2.62 bits per heavy atom. The van der Waals surface area contributed by atoms with Crippen LogP contribution in [0.15, 0.2) is 12.1 Å². The van der Waals surface area contributed by atoms with Gasteiger partial charge in [0, 0.05) is 11.6 Å². The largest absolute Gasteiger partial charge is 0.390 e. The number of aliphatic hydroxyl groups is 1. The second-order valence-electron chi connectivity index (χ2n) is 5.61. The van der Waals surface area contributed by atoms with Gasteiger partial charge in [-0.25, -0.2) is 0 Å². The fourth-order valence-corrected chi connectivity index (χ4v) is 2.68. The van der Waals surface area contributed by atoms with Crippen LogP contribution in [-0.4, -0.2) is 15.7 Å². The summed E-state index contributed by atoms with van der Waals surface area (Å²) in [4.78, 5) is 4.65. The topological polar surface area (TPSA) is 33.1 Å². The van der Waals surface area contributed by atoms with E-state index in [1.807, 2.05) is 20.8 Å². The van der Waals surface area contributed by atoms with Crippen molar-refractivity contribution < 1.29 is 5.11 Å². The highest BCUT2D eigenvalue weighted by molar-refractivity contribution is 5.32. The van der Waals surface area contributed by atoms with Crippen molar-refractivity contribution >= 4 is 0 Å². The summed E-state index contributed by atoms with van der Waals surface area (Å²) in [5, 5.41) is 10.2. The summed E-state index contributed by atoms with van der Waals surface area (Å²) in [7, 11) is 0. The number of fused-ring (bicyclic) bond motifs is 1. The zero-order valence-electron chi connectivity index (χ0n) is 10.6. The summed E-state index contributed by atoms with van der Waals surface area (Å²) in [5.41, 5.74) is 2.81. The van der Waals surface area contributed by atoms with E-state index in [1.165, 1.54) is 5.56 Å². The zero-order valence-corrected chi connectivity index (χ0v) is 10.6. The molecule has 0 saturated carbocycles. The van der Waals surface area contributed by atoms with Crippen LogP contribution in [0.5, 0.6) is 0 Å². The molecule has 2 unspecified atom stereocenters. The molecule has 2 atom stereocenters. The molecule has 0 fully saturated rings. The molecule has 1 aromatic heterocycles. The maximum atomic E-state index is 10.2. The Bertz CT molecular complexity index is 392. The molecule has 16 heavy (non-hydrogen) atoms. The van der Waals surface area contributed by atoms with E-state index in [1.54, 1.807) is 0 Å². The minimum absolute atomic E-state index is 0.179. The third kappa shape index (κ3) is 1.99. The van der Waals surface area contributed by atoms with Gasteiger partial charge in [-0.2, -0.15) is 0 Å². The average Bonchev–Trinajstić information content (AvgIpc) is 2.15. The van der Waals surface area contributed by atoms with Crippen molar-refractivity contribution in [1.29, 1.82) is 0 Å². The first-order valence-corrected chi connectivity index (χ1v) is 6.09. The van der Waals surface area contributed by atoms with Gasteiger partial charge in [-0.3, -0.25) is 4.98 Å². The number of aryl methyl sites for hydroxylation is 1. The summed E-state index contributed by atoms with van der Waals surface area (Å²) < 4.78 is 0. The van der Waals surface area contributed by atoms with Crippen LogP contribution >= 0.6 is 0 Å². The van der Waals surface area contributed by atoms with Crippen LogP contribution in [0.3, 0.4) is 0 Å². The molecule has 0 saturated heterocycles. The van der Waals surface area contributed by atoms with Crippen molar-refractivity contribution in [3.05, 3.63) is 29.1 Å². The molecule has 0 aliphatic heterocycles. The molecule has 0 aromatic carbocycles. The predicted molar refractivity (Wildman–Crippen MR) is 65.7 cm³/mol. The molecule has 2 nitrogen and oxygen atoms in total. The molecule has 2 heteroatoms. The molecule has 0 spiro atoms. The Labute approximate surface area is 97.7 Å². The highest BCUT2D eigenvalue weighted by atomic mass is 16.3. The second-order valence-corrected chi connectivity index (χ2v) is 5.61. The zero-order chi connectivity index (χ0) is 11.9. The summed E-state index contributed by atoms with van der Waals surface area (Å²) >= 11 is 0. The van der Waals surface area contributed by atoms with Gasteiger partial charge in [-0.15, -0.1) is 0 Å². The van der Waals surface area contributed by atoms with Crippen molar-refractivity contribution in [2.75, 3.05) is 0 Å². The highest BCUT2D eigenvalue weighted by Gasteiger charge is 2.35. The smallest absolute Gasteiger partial charge is 0.0675 e. The number of rotatable bonds is 1. The molecule has 1 aromatic rings. The Hall–Kier alpha value is -0.890. The summed E-state index contributed by atoms with van der Waals surface area (Å²) in [6.07, 6.45) is 2.18. The lowest BCUT2D eigenvalue weighted by Crippen LogP contribution is -2.33. The van der Waals surface area contributed by atoms with Gasteiger partial charge in [-0.05, 0) is 51.2 Å². The van der Waals surface area contributed by atoms with Crippen LogP contribution in [0, 0.1) is 6.92 Å². The minimum Gasteiger partial charge on any atom is -0.390 e. The molecule has 88 valence electrons. The van der Waals surface area contributed by atoms with E-state index in [0.29, 0.717) is 5.92 Å². The van der Waals surface area contributed by atoms with Crippen molar-refractivity contribution in [3.63, 3.8) is 0 Å². The summed E-state index contributed by atoms with van der Waals surface area (Å²) in [5.74, 6) is 0.750. The minimum atomic E-state index is -0.671. The van der Waals surface area contributed by atoms with Crippen molar-refractivity contribution in [3.8, 4) is 0 Å². The Balaban J connectivity index is 2.50. The van der Waals surface area contributed by atoms with Crippen molar-refractivity contribution in [2.24, 2.45) is 0 Å². The van der Waals surface area contributed by atoms with E-state index in [2.05, 4.69) is 24.0 Å². The van der Waals surface area contributed by atoms with Crippen LogP contribution < -0.4 is 0 Å². The van der Waals surface area contributed by atoms with Gasteiger partial charge in [0.25, 0.3) is 0 Å².